The summed E-state index contributed by atoms with van der Waals surface area (Å²) in [4.78, 5) is 37.4. The molecule has 6 nitrogen and oxygen atoms in total. The van der Waals surface area contributed by atoms with Crippen LogP contribution in [0.3, 0.4) is 0 Å². The summed E-state index contributed by atoms with van der Waals surface area (Å²) >= 11 is 0. The molecule has 0 saturated heterocycles. The molecule has 0 atom stereocenters. The molecule has 0 aromatic heterocycles. The molecule has 1 aromatic carbocycles. The molecular formula is C19H26N2O4. The molecule has 25 heavy (non-hydrogen) atoms. The number of nitrogens with one attached hydrogen (secondary N) is 1. The predicted molar refractivity (Wildman–Crippen MR) is 94.4 cm³/mol. The Morgan fingerprint density at radius 2 is 1.68 bits per heavy atom. The second kappa shape index (κ2) is 9.93. The summed E-state index contributed by atoms with van der Waals surface area (Å²) in [5.74, 6) is -0.611. The maximum absolute atomic E-state index is 12.2. The van der Waals surface area contributed by atoms with E-state index in [1.54, 1.807) is 24.3 Å². The Morgan fingerprint density at radius 3 is 2.32 bits per heavy atom. The molecule has 6 heteroatoms. The number of carbonyl (C=O) groups is 3. The SMILES string of the molecule is CCCCOCCCNC(=O)CCCN1C(=O)c2ccccc2C1=O. The number of ether oxygens (including phenoxy) is 1. The normalized spacial score (nSPS) is 13.2. The van der Waals surface area contributed by atoms with Crippen LogP contribution in [0.4, 0.5) is 0 Å². The van der Waals surface area contributed by atoms with Gasteiger partial charge >= 0.3 is 0 Å². The van der Waals surface area contributed by atoms with Crippen molar-refractivity contribution in [3.8, 4) is 0 Å². The summed E-state index contributed by atoms with van der Waals surface area (Å²) < 4.78 is 5.43. The van der Waals surface area contributed by atoms with Crippen molar-refractivity contribution in [2.75, 3.05) is 26.3 Å². The van der Waals surface area contributed by atoms with Crippen LogP contribution in [-0.2, 0) is 9.53 Å². The molecule has 3 amide bonds. The highest BCUT2D eigenvalue weighted by Gasteiger charge is 2.34. The highest BCUT2D eigenvalue weighted by molar-refractivity contribution is 6.21. The van der Waals surface area contributed by atoms with E-state index in [4.69, 9.17) is 4.74 Å². The molecule has 1 aliphatic heterocycles. The molecule has 0 saturated carbocycles. The van der Waals surface area contributed by atoms with Crippen molar-refractivity contribution in [3.63, 3.8) is 0 Å². The number of imide groups is 1. The van der Waals surface area contributed by atoms with Crippen molar-refractivity contribution in [1.29, 1.82) is 0 Å². The third kappa shape index (κ3) is 5.39. The summed E-state index contributed by atoms with van der Waals surface area (Å²) in [5, 5.41) is 2.83. The highest BCUT2D eigenvalue weighted by atomic mass is 16.5. The van der Waals surface area contributed by atoms with Crippen LogP contribution in [-0.4, -0.2) is 48.9 Å². The second-order valence-electron chi connectivity index (χ2n) is 6.08. The van der Waals surface area contributed by atoms with Crippen molar-refractivity contribution < 1.29 is 19.1 Å². The number of nitrogens with zero attached hydrogens (tertiary/aromatic N) is 1. The topological polar surface area (TPSA) is 75.7 Å². The average Bonchev–Trinajstić information content (AvgIpc) is 2.86. The Labute approximate surface area is 148 Å². The van der Waals surface area contributed by atoms with Gasteiger partial charge in [0.05, 0.1) is 11.1 Å². The van der Waals surface area contributed by atoms with Crippen molar-refractivity contribution in [2.45, 2.75) is 39.0 Å². The van der Waals surface area contributed by atoms with E-state index in [0.717, 1.165) is 25.9 Å². The minimum atomic E-state index is -0.273. The average molecular weight is 346 g/mol. The maximum atomic E-state index is 12.2. The Hall–Kier alpha value is -2.21. The summed E-state index contributed by atoms with van der Waals surface area (Å²) in [6.07, 6.45) is 3.72. The first kappa shape index (κ1) is 19.1. The third-order valence-electron chi connectivity index (χ3n) is 4.09. The maximum Gasteiger partial charge on any atom is 0.261 e. The smallest absolute Gasteiger partial charge is 0.261 e. The van der Waals surface area contributed by atoms with E-state index in [1.165, 1.54) is 4.90 Å². The highest BCUT2D eigenvalue weighted by Crippen LogP contribution is 2.22. The van der Waals surface area contributed by atoms with Crippen molar-refractivity contribution in [2.24, 2.45) is 0 Å². The van der Waals surface area contributed by atoms with E-state index < -0.39 is 0 Å². The fourth-order valence-corrected chi connectivity index (χ4v) is 2.68. The lowest BCUT2D eigenvalue weighted by molar-refractivity contribution is -0.121. The van der Waals surface area contributed by atoms with Gasteiger partial charge in [0.15, 0.2) is 0 Å². The minimum Gasteiger partial charge on any atom is -0.381 e. The number of hydrogen-bond donors (Lipinski definition) is 1. The van der Waals surface area contributed by atoms with Crippen LogP contribution < -0.4 is 5.32 Å². The molecule has 1 N–H and O–H groups in total. The largest absolute Gasteiger partial charge is 0.381 e. The van der Waals surface area contributed by atoms with Crippen LogP contribution in [0, 0.1) is 0 Å². The van der Waals surface area contributed by atoms with Crippen LogP contribution in [0.1, 0.15) is 59.7 Å². The van der Waals surface area contributed by atoms with Gasteiger partial charge in [-0.2, -0.15) is 0 Å². The fourth-order valence-electron chi connectivity index (χ4n) is 2.68. The van der Waals surface area contributed by atoms with Gasteiger partial charge in [0.2, 0.25) is 5.91 Å². The zero-order chi connectivity index (χ0) is 18.1. The van der Waals surface area contributed by atoms with Gasteiger partial charge in [-0.1, -0.05) is 25.5 Å². The molecule has 1 heterocycles. The lowest BCUT2D eigenvalue weighted by Gasteiger charge is -2.13. The van der Waals surface area contributed by atoms with Crippen LogP contribution in [0.2, 0.25) is 0 Å². The van der Waals surface area contributed by atoms with E-state index in [0.29, 0.717) is 37.1 Å². The molecule has 0 bridgehead atoms. The lowest BCUT2D eigenvalue weighted by Crippen LogP contribution is -2.32. The lowest BCUT2D eigenvalue weighted by atomic mass is 10.1. The van der Waals surface area contributed by atoms with E-state index in [2.05, 4.69) is 12.2 Å². The second-order valence-corrected chi connectivity index (χ2v) is 6.08. The number of rotatable bonds is 11. The van der Waals surface area contributed by atoms with Crippen molar-refractivity contribution in [3.05, 3.63) is 35.4 Å². The number of amides is 3. The van der Waals surface area contributed by atoms with E-state index in [-0.39, 0.29) is 24.3 Å². The molecule has 0 spiro atoms. The molecule has 1 aliphatic rings. The number of benzene rings is 1. The summed E-state index contributed by atoms with van der Waals surface area (Å²) in [6.45, 7) is 4.38. The van der Waals surface area contributed by atoms with Crippen molar-refractivity contribution >= 4 is 17.7 Å². The molecule has 2 rings (SSSR count). The zero-order valence-electron chi connectivity index (χ0n) is 14.8. The van der Waals surface area contributed by atoms with Crippen LogP contribution in [0.5, 0.6) is 0 Å². The number of hydrogen-bond acceptors (Lipinski definition) is 4. The van der Waals surface area contributed by atoms with Gasteiger partial charge in [0.1, 0.15) is 0 Å². The van der Waals surface area contributed by atoms with Gasteiger partial charge in [-0.05, 0) is 31.4 Å². The molecule has 0 fully saturated rings. The molecular weight excluding hydrogens is 320 g/mol. The van der Waals surface area contributed by atoms with Crippen molar-refractivity contribution in [1.82, 2.24) is 10.2 Å². The van der Waals surface area contributed by atoms with Gasteiger partial charge in [0.25, 0.3) is 11.8 Å². The van der Waals surface area contributed by atoms with Crippen LogP contribution in [0.15, 0.2) is 24.3 Å². The molecule has 1 aromatic rings. The standard InChI is InChI=1S/C19H26N2O4/c1-2-3-13-25-14-7-11-20-17(22)10-6-12-21-18(23)15-8-4-5-9-16(15)19(21)24/h4-5,8-9H,2-3,6-7,10-14H2,1H3,(H,20,22). The van der Waals surface area contributed by atoms with Crippen LogP contribution >= 0.6 is 0 Å². The van der Waals surface area contributed by atoms with Gasteiger partial charge < -0.3 is 10.1 Å². The fraction of sp³-hybridized carbons (Fsp3) is 0.526. The first-order valence-corrected chi connectivity index (χ1v) is 8.94. The Bertz CT molecular complexity index is 580. The first-order chi connectivity index (χ1) is 12.1. The summed E-state index contributed by atoms with van der Waals surface area (Å²) in [6, 6.07) is 6.80. The zero-order valence-corrected chi connectivity index (χ0v) is 14.8. The molecule has 136 valence electrons. The molecule has 0 radical (unpaired) electrons. The van der Waals surface area contributed by atoms with Gasteiger partial charge in [-0.15, -0.1) is 0 Å². The Balaban J connectivity index is 1.61. The number of fused-ring (bicyclic) bond motifs is 1. The van der Waals surface area contributed by atoms with Gasteiger partial charge in [-0.25, -0.2) is 0 Å². The minimum absolute atomic E-state index is 0.0647. The quantitative estimate of drug-likeness (QED) is 0.493. The van der Waals surface area contributed by atoms with Gasteiger partial charge in [0, 0.05) is 32.7 Å². The summed E-state index contributed by atoms with van der Waals surface area (Å²) in [5.41, 5.74) is 0.889. The molecule has 0 unspecified atom stereocenters. The Morgan fingerprint density at radius 1 is 1.04 bits per heavy atom. The monoisotopic (exact) mass is 346 g/mol. The van der Waals surface area contributed by atoms with E-state index >= 15 is 0 Å². The first-order valence-electron chi connectivity index (χ1n) is 8.94. The number of carbonyl (C=O) groups excluding carboxylic acids is 3. The Kier molecular flexibility index (Phi) is 7.60. The predicted octanol–water partition coefficient (Wildman–Crippen LogP) is 2.39. The number of unbranched alkanes of at least 4 members (excludes halogenated alkanes) is 1. The summed E-state index contributed by atoms with van der Waals surface area (Å²) in [7, 11) is 0. The third-order valence-corrected chi connectivity index (χ3v) is 4.09. The van der Waals surface area contributed by atoms with E-state index in [1.807, 2.05) is 0 Å². The van der Waals surface area contributed by atoms with Gasteiger partial charge in [-0.3, -0.25) is 19.3 Å². The molecule has 0 aliphatic carbocycles. The van der Waals surface area contributed by atoms with Crippen LogP contribution in [0.25, 0.3) is 0 Å². The van der Waals surface area contributed by atoms with E-state index in [9.17, 15) is 14.4 Å².